The fraction of sp³-hybridized carbons (Fsp3) is 0.667. The number of methoxy groups -OCH3 is 1. The van der Waals surface area contributed by atoms with Crippen molar-refractivity contribution in [3.8, 4) is 0 Å². The molecule has 2 rings (SSSR count). The summed E-state index contributed by atoms with van der Waals surface area (Å²) in [5.41, 5.74) is -0.219. The van der Waals surface area contributed by atoms with Crippen LogP contribution in [0.4, 0.5) is 0 Å². The monoisotopic (exact) mass is 309 g/mol. The summed E-state index contributed by atoms with van der Waals surface area (Å²) < 4.78 is 5.11. The summed E-state index contributed by atoms with van der Waals surface area (Å²) in [6, 6.07) is 0. The molecule has 1 amide bonds. The van der Waals surface area contributed by atoms with E-state index in [1.54, 1.807) is 12.0 Å². The van der Waals surface area contributed by atoms with E-state index in [-0.39, 0.29) is 29.9 Å². The highest BCUT2D eigenvalue weighted by atomic mass is 16.5. The molecule has 7 heteroatoms. The molecule has 1 aliphatic rings. The van der Waals surface area contributed by atoms with Crippen molar-refractivity contribution in [2.24, 2.45) is 5.41 Å². The normalized spacial score (nSPS) is 21.8. The number of aliphatic hydroxyl groups excluding tert-OH is 1. The number of hydrogen-bond donors (Lipinski definition) is 2. The zero-order valence-corrected chi connectivity index (χ0v) is 12.9. The van der Waals surface area contributed by atoms with Crippen LogP contribution in [0.25, 0.3) is 0 Å². The number of piperidine rings is 1. The van der Waals surface area contributed by atoms with Gasteiger partial charge in [0.25, 0.3) is 5.56 Å². The Morgan fingerprint density at radius 3 is 3.09 bits per heavy atom. The van der Waals surface area contributed by atoms with Gasteiger partial charge in [0.2, 0.25) is 5.91 Å². The molecule has 1 atom stereocenters. The van der Waals surface area contributed by atoms with Crippen molar-refractivity contribution >= 4 is 5.91 Å². The smallest absolute Gasteiger partial charge is 0.254 e. The van der Waals surface area contributed by atoms with Gasteiger partial charge >= 0.3 is 0 Å². The molecule has 2 N–H and O–H groups in total. The predicted octanol–water partition coefficient (Wildman–Crippen LogP) is -0.0500. The molecule has 0 aliphatic carbocycles. The molecule has 0 radical (unpaired) electrons. The molecule has 2 heterocycles. The molecule has 1 saturated heterocycles. The lowest BCUT2D eigenvalue weighted by Gasteiger charge is -2.41. The number of H-pyrrole nitrogens is 1. The molecule has 1 aliphatic heterocycles. The Bertz CT molecular complexity index is 560. The van der Waals surface area contributed by atoms with Crippen LogP contribution in [-0.2, 0) is 16.0 Å². The molecular formula is C15H23N3O4. The maximum atomic E-state index is 12.4. The molecule has 0 saturated carbocycles. The standard InChI is InChI=1S/C15H23N3O4/c1-22-6-4-15(10-19)3-2-5-18(9-15)13(20)7-12-8-16-11-17-14(12)21/h8,11,19H,2-7,9-10H2,1H3,(H,16,17,21)/t15-/m1/s1. The molecule has 1 aromatic heterocycles. The Kier molecular flexibility index (Phi) is 5.68. The first kappa shape index (κ1) is 16.6. The molecular weight excluding hydrogens is 286 g/mol. The number of hydrogen-bond acceptors (Lipinski definition) is 5. The highest BCUT2D eigenvalue weighted by Crippen LogP contribution is 2.33. The van der Waals surface area contributed by atoms with Gasteiger partial charge in [-0.05, 0) is 19.3 Å². The number of aromatic amines is 1. The molecule has 1 fully saturated rings. The van der Waals surface area contributed by atoms with Crippen molar-refractivity contribution in [3.63, 3.8) is 0 Å². The third kappa shape index (κ3) is 3.92. The molecule has 7 nitrogen and oxygen atoms in total. The predicted molar refractivity (Wildman–Crippen MR) is 80.4 cm³/mol. The van der Waals surface area contributed by atoms with E-state index in [0.29, 0.717) is 25.3 Å². The number of aromatic nitrogens is 2. The Morgan fingerprint density at radius 2 is 2.41 bits per heavy atom. The van der Waals surface area contributed by atoms with Crippen LogP contribution in [0, 0.1) is 5.41 Å². The lowest BCUT2D eigenvalue weighted by atomic mass is 9.78. The summed E-state index contributed by atoms with van der Waals surface area (Å²) in [5, 5.41) is 9.74. The van der Waals surface area contributed by atoms with Crippen molar-refractivity contribution < 1.29 is 14.6 Å². The van der Waals surface area contributed by atoms with Crippen molar-refractivity contribution in [2.45, 2.75) is 25.7 Å². The van der Waals surface area contributed by atoms with Gasteiger partial charge in [0.1, 0.15) is 0 Å². The zero-order valence-electron chi connectivity index (χ0n) is 12.9. The van der Waals surface area contributed by atoms with Gasteiger partial charge in [-0.3, -0.25) is 9.59 Å². The van der Waals surface area contributed by atoms with Gasteiger partial charge in [-0.1, -0.05) is 0 Å². The van der Waals surface area contributed by atoms with Crippen LogP contribution in [0.3, 0.4) is 0 Å². The third-order valence-electron chi connectivity index (χ3n) is 4.32. The number of amides is 1. The minimum absolute atomic E-state index is 0.0353. The van der Waals surface area contributed by atoms with Crippen LogP contribution in [0.5, 0.6) is 0 Å². The molecule has 22 heavy (non-hydrogen) atoms. The summed E-state index contributed by atoms with van der Waals surface area (Å²) >= 11 is 0. The van der Waals surface area contributed by atoms with Crippen LogP contribution in [0.1, 0.15) is 24.8 Å². The number of ether oxygens (including phenoxy) is 1. The topological polar surface area (TPSA) is 95.5 Å². The molecule has 0 spiro atoms. The SMILES string of the molecule is COCC[C@]1(CO)CCCN(C(=O)Cc2cnc[nH]c2=O)C1. The maximum absolute atomic E-state index is 12.4. The van der Waals surface area contributed by atoms with Gasteiger partial charge in [0.05, 0.1) is 19.4 Å². The van der Waals surface area contributed by atoms with E-state index in [1.807, 2.05) is 0 Å². The average Bonchev–Trinajstić information content (AvgIpc) is 2.55. The Hall–Kier alpha value is -1.73. The number of rotatable bonds is 6. The second-order valence-corrected chi connectivity index (χ2v) is 5.90. The van der Waals surface area contributed by atoms with Gasteiger partial charge in [-0.15, -0.1) is 0 Å². The molecule has 1 aromatic rings. The first-order valence-corrected chi connectivity index (χ1v) is 7.49. The summed E-state index contributed by atoms with van der Waals surface area (Å²) in [6.45, 7) is 1.76. The van der Waals surface area contributed by atoms with Crippen LogP contribution >= 0.6 is 0 Å². The molecule has 0 bridgehead atoms. The largest absolute Gasteiger partial charge is 0.396 e. The van der Waals surface area contributed by atoms with Gasteiger partial charge < -0.3 is 19.7 Å². The van der Waals surface area contributed by atoms with E-state index in [9.17, 15) is 14.7 Å². The summed E-state index contributed by atoms with van der Waals surface area (Å²) in [6.07, 6.45) is 5.21. The molecule has 122 valence electrons. The number of nitrogens with one attached hydrogen (secondary N) is 1. The summed E-state index contributed by atoms with van der Waals surface area (Å²) in [7, 11) is 1.63. The van der Waals surface area contributed by atoms with E-state index in [0.717, 1.165) is 19.3 Å². The fourth-order valence-corrected chi connectivity index (χ4v) is 2.93. The van der Waals surface area contributed by atoms with Crippen LogP contribution in [0.15, 0.2) is 17.3 Å². The minimum atomic E-state index is -0.300. The van der Waals surface area contributed by atoms with Crippen molar-refractivity contribution in [1.82, 2.24) is 14.9 Å². The first-order chi connectivity index (χ1) is 10.6. The number of nitrogens with zero attached hydrogens (tertiary/aromatic N) is 2. The van der Waals surface area contributed by atoms with Crippen molar-refractivity contribution in [3.05, 3.63) is 28.4 Å². The maximum Gasteiger partial charge on any atom is 0.254 e. The van der Waals surface area contributed by atoms with E-state index < -0.39 is 0 Å². The second-order valence-electron chi connectivity index (χ2n) is 5.90. The number of carbonyl (C=O) groups excluding carboxylic acids is 1. The lowest BCUT2D eigenvalue weighted by molar-refractivity contribution is -0.135. The van der Waals surface area contributed by atoms with Gasteiger partial charge in [-0.25, -0.2) is 4.98 Å². The molecule has 0 unspecified atom stereocenters. The Morgan fingerprint density at radius 1 is 1.59 bits per heavy atom. The fourth-order valence-electron chi connectivity index (χ4n) is 2.93. The molecule has 0 aromatic carbocycles. The first-order valence-electron chi connectivity index (χ1n) is 7.49. The van der Waals surface area contributed by atoms with E-state index in [2.05, 4.69) is 9.97 Å². The quantitative estimate of drug-likeness (QED) is 0.768. The van der Waals surface area contributed by atoms with Gasteiger partial charge in [-0.2, -0.15) is 0 Å². The average molecular weight is 309 g/mol. The summed E-state index contributed by atoms with van der Waals surface area (Å²) in [4.78, 5) is 32.1. The van der Waals surface area contributed by atoms with Gasteiger partial charge in [0, 0.05) is 44.0 Å². The van der Waals surface area contributed by atoms with E-state index in [4.69, 9.17) is 4.74 Å². The Balaban J connectivity index is 2.03. The minimum Gasteiger partial charge on any atom is -0.396 e. The third-order valence-corrected chi connectivity index (χ3v) is 4.32. The highest BCUT2D eigenvalue weighted by molar-refractivity contribution is 5.78. The van der Waals surface area contributed by atoms with Crippen molar-refractivity contribution in [1.29, 1.82) is 0 Å². The Labute approximate surface area is 129 Å². The van der Waals surface area contributed by atoms with Gasteiger partial charge in [0.15, 0.2) is 0 Å². The highest BCUT2D eigenvalue weighted by Gasteiger charge is 2.36. The van der Waals surface area contributed by atoms with Crippen LogP contribution in [0.2, 0.25) is 0 Å². The zero-order chi connectivity index (χ0) is 16.0. The summed E-state index contributed by atoms with van der Waals surface area (Å²) in [5.74, 6) is -0.103. The number of carbonyl (C=O) groups is 1. The second kappa shape index (κ2) is 7.51. The van der Waals surface area contributed by atoms with Crippen LogP contribution < -0.4 is 5.56 Å². The van der Waals surface area contributed by atoms with E-state index in [1.165, 1.54) is 12.5 Å². The number of likely N-dealkylation sites (tertiary alicyclic amines) is 1. The lowest BCUT2D eigenvalue weighted by Crippen LogP contribution is -2.49. The van der Waals surface area contributed by atoms with Crippen LogP contribution in [-0.4, -0.2) is 59.3 Å². The van der Waals surface area contributed by atoms with Crippen molar-refractivity contribution in [2.75, 3.05) is 33.4 Å². The van der Waals surface area contributed by atoms with E-state index >= 15 is 0 Å². The number of aliphatic hydroxyl groups is 1.